The van der Waals surface area contributed by atoms with Crippen molar-refractivity contribution in [2.45, 2.75) is 26.2 Å². The van der Waals surface area contributed by atoms with Crippen molar-refractivity contribution >= 4 is 51.8 Å². The Kier molecular flexibility index (Phi) is 8.98. The van der Waals surface area contributed by atoms with Gasteiger partial charge in [0.05, 0.1) is 25.2 Å². The fraction of sp³-hybridized carbons (Fsp3) is 0.323. The highest BCUT2D eigenvalue weighted by Crippen LogP contribution is 2.53. The average Bonchev–Trinajstić information content (AvgIpc) is 2.93. The molecule has 0 fully saturated rings. The van der Waals surface area contributed by atoms with Crippen molar-refractivity contribution in [1.82, 2.24) is 0 Å². The minimum Gasteiger partial charge on any atom is -0.468 e. The number of esters is 2. The highest BCUT2D eigenvalue weighted by Gasteiger charge is 2.53. The van der Waals surface area contributed by atoms with E-state index in [4.69, 9.17) is 32.7 Å². The molecule has 1 N–H and O–H groups in total. The summed E-state index contributed by atoms with van der Waals surface area (Å²) in [6, 6.07) is 13.8. The lowest BCUT2D eigenvalue weighted by atomic mass is 9.56. The van der Waals surface area contributed by atoms with Gasteiger partial charge < -0.3 is 14.8 Å². The number of nitrogens with one attached hydrogen (secondary N) is 1. The molecule has 1 amide bonds. The molecule has 2 aliphatic rings. The van der Waals surface area contributed by atoms with Crippen LogP contribution in [0.15, 0.2) is 78.4 Å². The summed E-state index contributed by atoms with van der Waals surface area (Å²) in [5.74, 6) is -1.31. The standard InChI is InChI=1S/C31H31Cl2NO5/c1-19-14-23-16-20(17-28(35)34-26-10-8-25(32)9-11-26)12-13-31(23,30(37)39-3)24(15-19)18-27(33)21-4-6-22(7-5-21)29(36)38-2/h4-13,15,18,20,23-24H,14,16-17H2,1-3H3,(H,34,35)/b27-18-/t20-,23+,24+,31+/m1/s1. The first kappa shape index (κ1) is 28.7. The number of carbonyl (C=O) groups is 3. The molecule has 0 saturated heterocycles. The number of rotatable bonds is 7. The van der Waals surface area contributed by atoms with Crippen LogP contribution in [0.3, 0.4) is 0 Å². The van der Waals surface area contributed by atoms with Gasteiger partial charge in [0, 0.05) is 28.1 Å². The Morgan fingerprint density at radius 3 is 2.33 bits per heavy atom. The number of ether oxygens (including phenoxy) is 2. The van der Waals surface area contributed by atoms with Crippen LogP contribution >= 0.6 is 23.2 Å². The Labute approximate surface area is 238 Å². The number of benzene rings is 2. The van der Waals surface area contributed by atoms with E-state index in [1.165, 1.54) is 14.2 Å². The van der Waals surface area contributed by atoms with Crippen LogP contribution in [0.25, 0.3) is 5.03 Å². The number of carbonyl (C=O) groups excluding carboxylic acids is 3. The van der Waals surface area contributed by atoms with Gasteiger partial charge in [-0.05, 0) is 73.6 Å². The van der Waals surface area contributed by atoms with Gasteiger partial charge in [-0.2, -0.15) is 0 Å². The van der Waals surface area contributed by atoms with Crippen molar-refractivity contribution in [2.75, 3.05) is 19.5 Å². The van der Waals surface area contributed by atoms with Crippen LogP contribution < -0.4 is 5.32 Å². The third-order valence-corrected chi connectivity index (χ3v) is 8.11. The average molecular weight is 568 g/mol. The summed E-state index contributed by atoms with van der Waals surface area (Å²) in [6.07, 6.45) is 9.48. The molecule has 0 heterocycles. The maximum atomic E-state index is 13.4. The van der Waals surface area contributed by atoms with Gasteiger partial charge in [0.2, 0.25) is 5.91 Å². The van der Waals surface area contributed by atoms with Crippen LogP contribution in [0.2, 0.25) is 5.02 Å². The predicted molar refractivity (Wildman–Crippen MR) is 153 cm³/mol. The maximum absolute atomic E-state index is 13.4. The SMILES string of the molecule is COC(=O)c1ccc(/C(Cl)=C/[C@@H]2C=C(C)C[C@H]3C[C@H](CC(=O)Nc4ccc(Cl)cc4)C=C[C@]32C(=O)OC)cc1. The van der Waals surface area contributed by atoms with Gasteiger partial charge in [-0.15, -0.1) is 0 Å². The number of halogens is 2. The Hall–Kier alpha value is -3.35. The fourth-order valence-electron chi connectivity index (χ4n) is 5.61. The molecule has 0 aliphatic heterocycles. The molecule has 4 rings (SSSR count). The largest absolute Gasteiger partial charge is 0.468 e. The normalized spacial score (nSPS) is 24.3. The zero-order chi connectivity index (χ0) is 28.2. The molecule has 0 saturated carbocycles. The third-order valence-electron chi connectivity index (χ3n) is 7.51. The quantitative estimate of drug-likeness (QED) is 0.286. The van der Waals surface area contributed by atoms with Gasteiger partial charge in [-0.1, -0.05) is 65.2 Å². The van der Waals surface area contributed by atoms with E-state index in [0.717, 1.165) is 5.57 Å². The second kappa shape index (κ2) is 12.2. The van der Waals surface area contributed by atoms with Gasteiger partial charge in [0.15, 0.2) is 0 Å². The lowest BCUT2D eigenvalue weighted by molar-refractivity contribution is -0.155. The Balaban J connectivity index is 1.59. The predicted octanol–water partition coefficient (Wildman–Crippen LogP) is 7.05. The van der Waals surface area contributed by atoms with E-state index in [9.17, 15) is 14.4 Å². The number of hydrogen-bond acceptors (Lipinski definition) is 5. The Morgan fingerprint density at radius 1 is 1.03 bits per heavy atom. The first-order valence-corrected chi connectivity index (χ1v) is 13.5. The first-order chi connectivity index (χ1) is 18.7. The number of methoxy groups -OCH3 is 2. The highest BCUT2D eigenvalue weighted by molar-refractivity contribution is 6.48. The van der Waals surface area contributed by atoms with Crippen LogP contribution in [0.1, 0.15) is 42.1 Å². The number of amides is 1. The van der Waals surface area contributed by atoms with Crippen molar-refractivity contribution in [2.24, 2.45) is 23.2 Å². The van der Waals surface area contributed by atoms with Crippen molar-refractivity contribution in [3.8, 4) is 0 Å². The Bertz CT molecular complexity index is 1330. The zero-order valence-corrected chi connectivity index (χ0v) is 23.6. The van der Waals surface area contributed by atoms with Gasteiger partial charge in [-0.25, -0.2) is 4.79 Å². The summed E-state index contributed by atoms with van der Waals surface area (Å²) in [7, 11) is 2.73. The second-order valence-electron chi connectivity index (χ2n) is 10.1. The smallest absolute Gasteiger partial charge is 0.337 e. The van der Waals surface area contributed by atoms with E-state index >= 15 is 0 Å². The molecule has 2 aliphatic carbocycles. The van der Waals surface area contributed by atoms with Crippen molar-refractivity contribution in [1.29, 1.82) is 0 Å². The van der Waals surface area contributed by atoms with Crippen LogP contribution in [0.4, 0.5) is 5.69 Å². The number of hydrogen-bond donors (Lipinski definition) is 1. The molecule has 0 unspecified atom stereocenters. The zero-order valence-electron chi connectivity index (χ0n) is 22.1. The van der Waals surface area contributed by atoms with Crippen molar-refractivity contribution < 1.29 is 23.9 Å². The van der Waals surface area contributed by atoms with E-state index < -0.39 is 11.4 Å². The topological polar surface area (TPSA) is 81.7 Å². The van der Waals surface area contributed by atoms with Crippen LogP contribution in [-0.2, 0) is 19.1 Å². The molecule has 39 heavy (non-hydrogen) atoms. The summed E-state index contributed by atoms with van der Waals surface area (Å²) in [5.41, 5.74) is 2.03. The molecule has 0 radical (unpaired) electrons. The van der Waals surface area contributed by atoms with E-state index in [1.807, 2.05) is 25.2 Å². The fourth-order valence-corrected chi connectivity index (χ4v) is 6.00. The molecule has 0 aromatic heterocycles. The third kappa shape index (κ3) is 6.29. The Morgan fingerprint density at radius 2 is 1.69 bits per heavy atom. The first-order valence-electron chi connectivity index (χ1n) is 12.7. The molecule has 204 valence electrons. The summed E-state index contributed by atoms with van der Waals surface area (Å²) < 4.78 is 10.1. The highest BCUT2D eigenvalue weighted by atomic mass is 35.5. The van der Waals surface area contributed by atoms with Crippen molar-refractivity contribution in [3.63, 3.8) is 0 Å². The second-order valence-corrected chi connectivity index (χ2v) is 10.9. The minimum atomic E-state index is -0.941. The van der Waals surface area contributed by atoms with Crippen LogP contribution in [-0.4, -0.2) is 32.1 Å². The van der Waals surface area contributed by atoms with E-state index in [1.54, 1.807) is 48.5 Å². The summed E-state index contributed by atoms with van der Waals surface area (Å²) in [6.45, 7) is 2.04. The monoisotopic (exact) mass is 567 g/mol. The molecule has 2 aromatic carbocycles. The van der Waals surface area contributed by atoms with Crippen LogP contribution in [0, 0.1) is 23.2 Å². The van der Waals surface area contributed by atoms with E-state index in [-0.39, 0.29) is 29.6 Å². The molecule has 6 nitrogen and oxygen atoms in total. The van der Waals surface area contributed by atoms with E-state index in [0.29, 0.717) is 46.1 Å². The number of anilines is 1. The van der Waals surface area contributed by atoms with Crippen molar-refractivity contribution in [3.05, 3.63) is 94.6 Å². The number of allylic oxidation sites excluding steroid dienone is 4. The molecule has 8 heteroatoms. The molecular formula is C31H31Cl2NO5. The van der Waals surface area contributed by atoms with Gasteiger partial charge in [0.1, 0.15) is 0 Å². The van der Waals surface area contributed by atoms with E-state index in [2.05, 4.69) is 11.4 Å². The molecule has 2 aromatic rings. The number of fused-ring (bicyclic) bond motifs is 1. The molecule has 0 bridgehead atoms. The molecule has 0 spiro atoms. The van der Waals surface area contributed by atoms with Gasteiger partial charge in [0.25, 0.3) is 0 Å². The lowest BCUT2D eigenvalue weighted by Gasteiger charge is -2.47. The minimum absolute atomic E-state index is 0.0306. The summed E-state index contributed by atoms with van der Waals surface area (Å²) in [5, 5.41) is 3.98. The maximum Gasteiger partial charge on any atom is 0.337 e. The molecular weight excluding hydrogens is 537 g/mol. The van der Waals surface area contributed by atoms with Crippen LogP contribution in [0.5, 0.6) is 0 Å². The van der Waals surface area contributed by atoms with Gasteiger partial charge >= 0.3 is 11.9 Å². The summed E-state index contributed by atoms with van der Waals surface area (Å²) >= 11 is 12.7. The lowest BCUT2D eigenvalue weighted by Crippen LogP contribution is -2.48. The van der Waals surface area contributed by atoms with Gasteiger partial charge in [-0.3, -0.25) is 9.59 Å². The molecule has 4 atom stereocenters. The summed E-state index contributed by atoms with van der Waals surface area (Å²) in [4.78, 5) is 38.0.